The first-order valence-electron chi connectivity index (χ1n) is 5.37. The lowest BCUT2D eigenvalue weighted by molar-refractivity contribution is 0.139. The van der Waals surface area contributed by atoms with Crippen molar-refractivity contribution in [3.8, 4) is 0 Å². The Balaban J connectivity index is 2.34. The van der Waals surface area contributed by atoms with Crippen molar-refractivity contribution < 1.29 is 4.74 Å². The predicted octanol–water partition coefficient (Wildman–Crippen LogP) is 2.24. The maximum Gasteiger partial charge on any atom is 0.0655 e. The Labute approximate surface area is 81.1 Å². The summed E-state index contributed by atoms with van der Waals surface area (Å²) in [6, 6.07) is 0.137. The van der Waals surface area contributed by atoms with Crippen molar-refractivity contribution in [1.82, 2.24) is 0 Å². The highest BCUT2D eigenvalue weighted by molar-refractivity contribution is 5.11. The Hall–Kier alpha value is -0.340. The SMILES string of the molecule is CCOCC(N)C1=CCCCCC1. The molecule has 1 aliphatic rings. The molecule has 0 saturated carbocycles. The van der Waals surface area contributed by atoms with Gasteiger partial charge in [-0.05, 0) is 32.6 Å². The van der Waals surface area contributed by atoms with Crippen LogP contribution in [0.3, 0.4) is 0 Å². The molecule has 2 N–H and O–H groups in total. The molecule has 0 fully saturated rings. The molecule has 1 atom stereocenters. The average molecular weight is 183 g/mol. The predicted molar refractivity (Wildman–Crippen MR) is 55.6 cm³/mol. The van der Waals surface area contributed by atoms with Crippen molar-refractivity contribution in [3.05, 3.63) is 11.6 Å². The number of allylic oxidation sites excluding steroid dienone is 1. The van der Waals surface area contributed by atoms with E-state index in [1.807, 2.05) is 6.92 Å². The minimum absolute atomic E-state index is 0.137. The monoisotopic (exact) mass is 183 g/mol. The van der Waals surface area contributed by atoms with E-state index in [-0.39, 0.29) is 6.04 Å². The van der Waals surface area contributed by atoms with Crippen LogP contribution in [-0.4, -0.2) is 19.3 Å². The van der Waals surface area contributed by atoms with E-state index in [9.17, 15) is 0 Å². The third-order valence-corrected chi connectivity index (χ3v) is 2.55. The molecule has 0 amide bonds. The van der Waals surface area contributed by atoms with Gasteiger partial charge in [0.15, 0.2) is 0 Å². The Morgan fingerprint density at radius 3 is 3.08 bits per heavy atom. The van der Waals surface area contributed by atoms with Gasteiger partial charge in [-0.25, -0.2) is 0 Å². The molecule has 1 unspecified atom stereocenters. The number of hydrogen-bond donors (Lipinski definition) is 1. The van der Waals surface area contributed by atoms with Crippen LogP contribution in [0.4, 0.5) is 0 Å². The Morgan fingerprint density at radius 1 is 1.46 bits per heavy atom. The zero-order valence-electron chi connectivity index (χ0n) is 8.59. The third kappa shape index (κ3) is 3.92. The van der Waals surface area contributed by atoms with Gasteiger partial charge in [0, 0.05) is 12.6 Å². The lowest BCUT2D eigenvalue weighted by atomic mass is 10.0. The van der Waals surface area contributed by atoms with Crippen LogP contribution in [-0.2, 0) is 4.74 Å². The van der Waals surface area contributed by atoms with Gasteiger partial charge in [0.25, 0.3) is 0 Å². The van der Waals surface area contributed by atoms with Gasteiger partial charge in [-0.15, -0.1) is 0 Å². The fraction of sp³-hybridized carbons (Fsp3) is 0.818. The van der Waals surface area contributed by atoms with E-state index < -0.39 is 0 Å². The molecule has 76 valence electrons. The van der Waals surface area contributed by atoms with Gasteiger partial charge < -0.3 is 10.5 Å². The molecule has 0 heterocycles. The van der Waals surface area contributed by atoms with Gasteiger partial charge in [0.1, 0.15) is 0 Å². The summed E-state index contributed by atoms with van der Waals surface area (Å²) in [6.45, 7) is 3.46. The molecule has 0 aromatic carbocycles. The van der Waals surface area contributed by atoms with E-state index in [1.54, 1.807) is 0 Å². The molecule has 0 aliphatic heterocycles. The van der Waals surface area contributed by atoms with Crippen LogP contribution in [0.25, 0.3) is 0 Å². The van der Waals surface area contributed by atoms with Gasteiger partial charge in [-0.3, -0.25) is 0 Å². The Morgan fingerprint density at radius 2 is 2.31 bits per heavy atom. The normalized spacial score (nSPS) is 20.6. The number of hydrogen-bond acceptors (Lipinski definition) is 2. The summed E-state index contributed by atoms with van der Waals surface area (Å²) in [5.74, 6) is 0. The average Bonchev–Trinajstić information content (AvgIpc) is 2.42. The highest BCUT2D eigenvalue weighted by Crippen LogP contribution is 2.19. The van der Waals surface area contributed by atoms with Gasteiger partial charge >= 0.3 is 0 Å². The van der Waals surface area contributed by atoms with E-state index >= 15 is 0 Å². The first-order chi connectivity index (χ1) is 6.34. The van der Waals surface area contributed by atoms with Crippen LogP contribution < -0.4 is 5.73 Å². The smallest absolute Gasteiger partial charge is 0.0655 e. The Bertz CT molecular complexity index is 165. The van der Waals surface area contributed by atoms with Gasteiger partial charge in [-0.1, -0.05) is 18.1 Å². The molecule has 0 aromatic heterocycles. The summed E-state index contributed by atoms with van der Waals surface area (Å²) in [7, 11) is 0. The van der Waals surface area contributed by atoms with Gasteiger partial charge in [-0.2, -0.15) is 0 Å². The van der Waals surface area contributed by atoms with E-state index in [0.29, 0.717) is 6.61 Å². The van der Waals surface area contributed by atoms with Crippen LogP contribution in [0.5, 0.6) is 0 Å². The molecule has 2 nitrogen and oxygen atoms in total. The molecule has 0 saturated heterocycles. The lowest BCUT2D eigenvalue weighted by Gasteiger charge is -2.14. The van der Waals surface area contributed by atoms with E-state index in [1.165, 1.54) is 37.7 Å². The summed E-state index contributed by atoms with van der Waals surface area (Å²) in [5.41, 5.74) is 7.42. The van der Waals surface area contributed by atoms with Crippen LogP contribution in [0.15, 0.2) is 11.6 Å². The maximum atomic E-state index is 6.01. The van der Waals surface area contributed by atoms with Crippen LogP contribution in [0.1, 0.15) is 39.0 Å². The first kappa shape index (κ1) is 10.7. The second-order valence-corrected chi connectivity index (χ2v) is 3.64. The molecule has 2 heteroatoms. The summed E-state index contributed by atoms with van der Waals surface area (Å²) in [6.07, 6.45) is 8.66. The summed E-state index contributed by atoms with van der Waals surface area (Å²) in [5, 5.41) is 0. The summed E-state index contributed by atoms with van der Waals surface area (Å²) in [4.78, 5) is 0. The summed E-state index contributed by atoms with van der Waals surface area (Å²) >= 11 is 0. The molecule has 0 bridgehead atoms. The molecule has 1 aliphatic carbocycles. The fourth-order valence-electron chi connectivity index (χ4n) is 1.73. The maximum absolute atomic E-state index is 6.01. The topological polar surface area (TPSA) is 35.2 Å². The van der Waals surface area contributed by atoms with Crippen molar-refractivity contribution in [2.75, 3.05) is 13.2 Å². The molecule has 0 radical (unpaired) electrons. The zero-order valence-corrected chi connectivity index (χ0v) is 8.59. The quantitative estimate of drug-likeness (QED) is 0.678. The van der Waals surface area contributed by atoms with Gasteiger partial charge in [0.05, 0.1) is 6.61 Å². The van der Waals surface area contributed by atoms with Crippen molar-refractivity contribution in [3.63, 3.8) is 0 Å². The molecule has 1 rings (SSSR count). The molecule has 0 spiro atoms. The molecule has 13 heavy (non-hydrogen) atoms. The van der Waals surface area contributed by atoms with Gasteiger partial charge in [0.2, 0.25) is 0 Å². The number of nitrogens with two attached hydrogens (primary N) is 1. The van der Waals surface area contributed by atoms with Crippen LogP contribution in [0, 0.1) is 0 Å². The largest absolute Gasteiger partial charge is 0.380 e. The van der Waals surface area contributed by atoms with Crippen LogP contribution in [0.2, 0.25) is 0 Å². The highest BCUT2D eigenvalue weighted by atomic mass is 16.5. The standard InChI is InChI=1S/C11H21NO/c1-2-13-9-11(12)10-7-5-3-4-6-8-10/h7,11H,2-6,8-9,12H2,1H3. The first-order valence-corrected chi connectivity index (χ1v) is 5.37. The summed E-state index contributed by atoms with van der Waals surface area (Å²) < 4.78 is 5.32. The van der Waals surface area contributed by atoms with E-state index in [2.05, 4.69) is 6.08 Å². The van der Waals surface area contributed by atoms with Crippen molar-refractivity contribution in [2.24, 2.45) is 5.73 Å². The molecular formula is C11H21NO. The second-order valence-electron chi connectivity index (χ2n) is 3.64. The second kappa shape index (κ2) is 6.17. The number of rotatable bonds is 4. The minimum Gasteiger partial charge on any atom is -0.380 e. The zero-order chi connectivity index (χ0) is 9.52. The minimum atomic E-state index is 0.137. The van der Waals surface area contributed by atoms with Crippen molar-refractivity contribution in [1.29, 1.82) is 0 Å². The van der Waals surface area contributed by atoms with Crippen LogP contribution >= 0.6 is 0 Å². The lowest BCUT2D eigenvalue weighted by Crippen LogP contribution is -2.28. The third-order valence-electron chi connectivity index (χ3n) is 2.55. The highest BCUT2D eigenvalue weighted by Gasteiger charge is 2.10. The molecule has 0 aromatic rings. The van der Waals surface area contributed by atoms with E-state index in [4.69, 9.17) is 10.5 Å². The number of ether oxygens (including phenoxy) is 1. The van der Waals surface area contributed by atoms with Crippen molar-refractivity contribution >= 4 is 0 Å². The van der Waals surface area contributed by atoms with Crippen molar-refractivity contribution in [2.45, 2.75) is 45.1 Å². The van der Waals surface area contributed by atoms with E-state index in [0.717, 1.165) is 6.61 Å². The molecular weight excluding hydrogens is 162 g/mol. The fourth-order valence-corrected chi connectivity index (χ4v) is 1.73. The Kier molecular flexibility index (Phi) is 5.09.